The van der Waals surface area contributed by atoms with Crippen molar-refractivity contribution in [2.75, 3.05) is 13.7 Å². The van der Waals surface area contributed by atoms with Gasteiger partial charge >= 0.3 is 11.9 Å². The SMILES string of the molecule is CC(=O)OC[C@H](NC(=S)N(C)C(C)=O)[C@H]1O[C@@H]2OC(C)(C)O[C@@H]2[C@H]1OC(C)=O. The number of fused-ring (bicyclic) bond motifs is 1. The summed E-state index contributed by atoms with van der Waals surface area (Å²) >= 11 is 5.24. The summed E-state index contributed by atoms with van der Waals surface area (Å²) in [6, 6.07) is -0.719. The first-order valence-electron chi connectivity index (χ1n) is 8.77. The fourth-order valence-electron chi connectivity index (χ4n) is 2.98. The Labute approximate surface area is 168 Å². The van der Waals surface area contributed by atoms with Crippen LogP contribution in [0.3, 0.4) is 0 Å². The summed E-state index contributed by atoms with van der Waals surface area (Å²) in [5, 5.41) is 3.05. The Kier molecular flexibility index (Phi) is 6.97. The minimum absolute atomic E-state index is 0.106. The van der Waals surface area contributed by atoms with Crippen molar-refractivity contribution in [3.05, 3.63) is 0 Å². The molecule has 0 aromatic heterocycles. The summed E-state index contributed by atoms with van der Waals surface area (Å²) in [6.45, 7) is 7.21. The van der Waals surface area contributed by atoms with Crippen LogP contribution in [0.4, 0.5) is 0 Å². The highest BCUT2D eigenvalue weighted by molar-refractivity contribution is 7.80. The van der Waals surface area contributed by atoms with E-state index in [2.05, 4.69) is 5.32 Å². The van der Waals surface area contributed by atoms with Crippen LogP contribution in [0.25, 0.3) is 0 Å². The molecule has 2 aliphatic heterocycles. The lowest BCUT2D eigenvalue weighted by Crippen LogP contribution is -2.55. The van der Waals surface area contributed by atoms with Crippen molar-refractivity contribution < 1.29 is 38.1 Å². The number of nitrogens with one attached hydrogen (secondary N) is 1. The third-order valence-electron chi connectivity index (χ3n) is 4.28. The van der Waals surface area contributed by atoms with Gasteiger partial charge in [-0.15, -0.1) is 0 Å². The molecule has 11 heteroatoms. The molecule has 1 N–H and O–H groups in total. The Morgan fingerprint density at radius 2 is 1.82 bits per heavy atom. The van der Waals surface area contributed by atoms with E-state index in [0.717, 1.165) is 0 Å². The second-order valence-corrected chi connectivity index (χ2v) is 7.47. The third-order valence-corrected chi connectivity index (χ3v) is 4.67. The average molecular weight is 418 g/mol. The molecule has 0 unspecified atom stereocenters. The minimum Gasteiger partial charge on any atom is -0.464 e. The summed E-state index contributed by atoms with van der Waals surface area (Å²) < 4.78 is 28.0. The maximum absolute atomic E-state index is 11.6. The molecule has 0 aromatic rings. The number of ether oxygens (including phenoxy) is 5. The van der Waals surface area contributed by atoms with Gasteiger partial charge in [0.15, 0.2) is 29.4 Å². The van der Waals surface area contributed by atoms with Crippen LogP contribution in [0.1, 0.15) is 34.6 Å². The number of hydrogen-bond donors (Lipinski definition) is 1. The van der Waals surface area contributed by atoms with E-state index in [4.69, 9.17) is 35.9 Å². The van der Waals surface area contributed by atoms with E-state index in [9.17, 15) is 14.4 Å². The fourth-order valence-corrected chi connectivity index (χ4v) is 3.26. The van der Waals surface area contributed by atoms with E-state index in [1.54, 1.807) is 13.8 Å². The van der Waals surface area contributed by atoms with E-state index in [-0.39, 0.29) is 17.6 Å². The van der Waals surface area contributed by atoms with Gasteiger partial charge < -0.3 is 29.0 Å². The molecule has 0 bridgehead atoms. The predicted molar refractivity (Wildman–Crippen MR) is 98.9 cm³/mol. The number of rotatable bonds is 5. The summed E-state index contributed by atoms with van der Waals surface area (Å²) in [5.74, 6) is -2.21. The lowest BCUT2D eigenvalue weighted by Gasteiger charge is -2.32. The van der Waals surface area contributed by atoms with Gasteiger partial charge in [0.25, 0.3) is 0 Å². The number of amides is 1. The molecule has 158 valence electrons. The van der Waals surface area contributed by atoms with Crippen LogP contribution in [0, 0.1) is 0 Å². The molecule has 2 heterocycles. The lowest BCUT2D eigenvalue weighted by molar-refractivity contribution is -0.222. The van der Waals surface area contributed by atoms with Crippen LogP contribution in [0.5, 0.6) is 0 Å². The highest BCUT2D eigenvalue weighted by Gasteiger charge is 2.58. The van der Waals surface area contributed by atoms with Crippen LogP contribution in [-0.2, 0) is 38.1 Å². The van der Waals surface area contributed by atoms with Crippen molar-refractivity contribution in [2.45, 2.75) is 71.0 Å². The van der Waals surface area contributed by atoms with E-state index in [0.29, 0.717) is 0 Å². The Balaban J connectivity index is 2.23. The van der Waals surface area contributed by atoms with Gasteiger partial charge in [0.2, 0.25) is 5.91 Å². The summed E-state index contributed by atoms with van der Waals surface area (Å²) in [7, 11) is 1.50. The van der Waals surface area contributed by atoms with Gasteiger partial charge in [-0.1, -0.05) is 0 Å². The molecule has 0 saturated carbocycles. The Morgan fingerprint density at radius 1 is 1.18 bits per heavy atom. The number of nitrogens with zero attached hydrogens (tertiary/aromatic N) is 1. The predicted octanol–water partition coefficient (Wildman–Crippen LogP) is 0.0790. The van der Waals surface area contributed by atoms with Gasteiger partial charge in [0.1, 0.15) is 12.7 Å². The fraction of sp³-hybridized carbons (Fsp3) is 0.765. The van der Waals surface area contributed by atoms with Crippen LogP contribution in [-0.4, -0.2) is 77.9 Å². The van der Waals surface area contributed by atoms with Gasteiger partial charge in [-0.2, -0.15) is 0 Å². The number of thiocarbonyl (C=S) groups is 1. The first-order chi connectivity index (χ1) is 12.9. The molecular weight excluding hydrogens is 392 g/mol. The Morgan fingerprint density at radius 3 is 2.36 bits per heavy atom. The molecule has 0 radical (unpaired) electrons. The van der Waals surface area contributed by atoms with Gasteiger partial charge in [-0.3, -0.25) is 19.3 Å². The monoisotopic (exact) mass is 418 g/mol. The van der Waals surface area contributed by atoms with Gasteiger partial charge in [0.05, 0.1) is 6.04 Å². The molecule has 2 rings (SSSR count). The number of carbonyl (C=O) groups is 3. The quantitative estimate of drug-likeness (QED) is 0.486. The van der Waals surface area contributed by atoms with E-state index < -0.39 is 48.4 Å². The summed E-state index contributed by atoms with van der Waals surface area (Å²) in [4.78, 5) is 35.7. The highest BCUT2D eigenvalue weighted by Crippen LogP contribution is 2.39. The van der Waals surface area contributed by atoms with Crippen LogP contribution in [0.2, 0.25) is 0 Å². The number of carbonyl (C=O) groups excluding carboxylic acids is 3. The van der Waals surface area contributed by atoms with Crippen LogP contribution in [0.15, 0.2) is 0 Å². The van der Waals surface area contributed by atoms with Crippen molar-refractivity contribution in [3.8, 4) is 0 Å². The van der Waals surface area contributed by atoms with E-state index in [1.165, 1.54) is 32.7 Å². The van der Waals surface area contributed by atoms with Crippen molar-refractivity contribution in [3.63, 3.8) is 0 Å². The molecule has 0 aromatic carbocycles. The van der Waals surface area contributed by atoms with Crippen molar-refractivity contribution in [1.82, 2.24) is 10.2 Å². The van der Waals surface area contributed by atoms with Crippen molar-refractivity contribution >= 4 is 35.2 Å². The number of hydrogen-bond acceptors (Lipinski definition) is 9. The third kappa shape index (κ3) is 5.37. The van der Waals surface area contributed by atoms with Gasteiger partial charge in [-0.25, -0.2) is 0 Å². The number of esters is 2. The molecule has 10 nitrogen and oxygen atoms in total. The van der Waals surface area contributed by atoms with E-state index >= 15 is 0 Å². The van der Waals surface area contributed by atoms with Gasteiger partial charge in [-0.05, 0) is 26.1 Å². The molecule has 5 atom stereocenters. The maximum atomic E-state index is 11.6. The molecule has 2 aliphatic rings. The average Bonchev–Trinajstić information content (AvgIpc) is 3.02. The zero-order valence-electron chi connectivity index (χ0n) is 16.7. The lowest BCUT2D eigenvalue weighted by atomic mass is 10.0. The minimum atomic E-state index is -0.901. The Hall–Kier alpha value is -1.82. The zero-order valence-corrected chi connectivity index (χ0v) is 17.5. The topological polar surface area (TPSA) is 113 Å². The first kappa shape index (κ1) is 22.5. The normalized spacial score (nSPS) is 28.8. The Bertz CT molecular complexity index is 655. The maximum Gasteiger partial charge on any atom is 0.303 e. The zero-order chi connectivity index (χ0) is 21.2. The molecule has 2 saturated heterocycles. The standard InChI is InChI=1S/C17H26N2O8S/c1-8(20)19(6)16(28)18-11(7-23-9(2)21)12-13(24-10(3)22)14-15(25-12)27-17(4,5)26-14/h11-15H,7H2,1-6H3,(H,18,28)/t11-,12+,13-,14+,15+/m0/s1. The highest BCUT2D eigenvalue weighted by atomic mass is 32.1. The first-order valence-corrected chi connectivity index (χ1v) is 9.18. The van der Waals surface area contributed by atoms with Gasteiger partial charge in [0, 0.05) is 27.8 Å². The smallest absolute Gasteiger partial charge is 0.303 e. The second-order valence-electron chi connectivity index (χ2n) is 7.08. The summed E-state index contributed by atoms with van der Waals surface area (Å²) in [6.07, 6.45) is -3.06. The second kappa shape index (κ2) is 8.68. The molecule has 0 aliphatic carbocycles. The largest absolute Gasteiger partial charge is 0.464 e. The van der Waals surface area contributed by atoms with E-state index in [1.807, 2.05) is 0 Å². The van der Waals surface area contributed by atoms with Crippen LogP contribution >= 0.6 is 12.2 Å². The summed E-state index contributed by atoms with van der Waals surface area (Å²) in [5.41, 5.74) is 0. The molecule has 28 heavy (non-hydrogen) atoms. The molecule has 0 spiro atoms. The molecule has 2 fully saturated rings. The molecular formula is C17H26N2O8S. The van der Waals surface area contributed by atoms with Crippen molar-refractivity contribution in [2.24, 2.45) is 0 Å². The van der Waals surface area contributed by atoms with Crippen LogP contribution < -0.4 is 5.32 Å². The molecule has 1 amide bonds. The van der Waals surface area contributed by atoms with Crippen molar-refractivity contribution in [1.29, 1.82) is 0 Å².